The Morgan fingerprint density at radius 1 is 1.23 bits per heavy atom. The van der Waals surface area contributed by atoms with Gasteiger partial charge in [0, 0.05) is 35.3 Å². The van der Waals surface area contributed by atoms with Crippen LogP contribution in [-0.4, -0.2) is 11.1 Å². The van der Waals surface area contributed by atoms with E-state index in [1.807, 2.05) is 20.8 Å². The van der Waals surface area contributed by atoms with E-state index < -0.39 is 4.92 Å². The quantitative estimate of drug-likeness (QED) is 0.277. The SMILES string of the molecule is CC=N/C(C)=C(C(=C\CCC)/c1ccc([N+](=O)[O-])cc1)\C(N)=C(/C)CC. The van der Waals surface area contributed by atoms with Crippen LogP contribution in [0.15, 0.2) is 57.9 Å². The molecule has 0 aliphatic rings. The van der Waals surface area contributed by atoms with Crippen LogP contribution in [0.4, 0.5) is 5.69 Å². The monoisotopic (exact) mass is 355 g/mol. The Balaban J connectivity index is 3.66. The van der Waals surface area contributed by atoms with Gasteiger partial charge in [0.2, 0.25) is 0 Å². The van der Waals surface area contributed by atoms with Gasteiger partial charge in [-0.05, 0) is 62.5 Å². The number of aliphatic imine (C=N–C) groups is 1. The van der Waals surface area contributed by atoms with Crippen LogP contribution in [0, 0.1) is 10.1 Å². The molecular formula is C21H29N3O2. The zero-order valence-electron chi connectivity index (χ0n) is 16.4. The second kappa shape index (κ2) is 10.3. The Morgan fingerprint density at radius 3 is 2.31 bits per heavy atom. The highest BCUT2D eigenvalue weighted by atomic mass is 16.6. The summed E-state index contributed by atoms with van der Waals surface area (Å²) in [6, 6.07) is 6.60. The molecule has 0 atom stereocenters. The summed E-state index contributed by atoms with van der Waals surface area (Å²) in [5, 5.41) is 11.0. The molecule has 0 amide bonds. The van der Waals surface area contributed by atoms with E-state index >= 15 is 0 Å². The first-order valence-corrected chi connectivity index (χ1v) is 8.97. The lowest BCUT2D eigenvalue weighted by Crippen LogP contribution is -2.08. The Kier molecular flexibility index (Phi) is 8.49. The zero-order chi connectivity index (χ0) is 19.7. The van der Waals surface area contributed by atoms with E-state index in [4.69, 9.17) is 5.73 Å². The van der Waals surface area contributed by atoms with E-state index in [2.05, 4.69) is 24.9 Å². The number of nitro benzene ring substituents is 1. The standard InChI is InChI=1S/C21H29N3O2/c1-6-9-10-19(17-11-13-18(14-12-17)24(25)26)20(16(5)23-8-3)21(22)15(4)7-2/h8,10-14H,6-7,9,22H2,1-5H3/b19-10-,20-16-,21-15-,23-8?. The maximum absolute atomic E-state index is 11.0. The molecule has 0 saturated carbocycles. The number of unbranched alkanes of at least 4 members (excludes halogenated alkanes) is 1. The van der Waals surface area contributed by atoms with Gasteiger partial charge in [-0.1, -0.05) is 26.3 Å². The van der Waals surface area contributed by atoms with Crippen LogP contribution in [0.2, 0.25) is 0 Å². The van der Waals surface area contributed by atoms with Gasteiger partial charge >= 0.3 is 0 Å². The fourth-order valence-corrected chi connectivity index (χ4v) is 2.61. The van der Waals surface area contributed by atoms with Gasteiger partial charge < -0.3 is 5.73 Å². The van der Waals surface area contributed by atoms with E-state index in [1.165, 1.54) is 12.1 Å². The summed E-state index contributed by atoms with van der Waals surface area (Å²) in [4.78, 5) is 15.0. The van der Waals surface area contributed by atoms with E-state index in [1.54, 1.807) is 18.3 Å². The molecular weight excluding hydrogens is 326 g/mol. The van der Waals surface area contributed by atoms with Crippen molar-refractivity contribution in [2.75, 3.05) is 0 Å². The van der Waals surface area contributed by atoms with Crippen molar-refractivity contribution in [1.29, 1.82) is 0 Å². The molecule has 0 heterocycles. The lowest BCUT2D eigenvalue weighted by Gasteiger charge is -2.18. The Bertz CT molecular complexity index is 754. The van der Waals surface area contributed by atoms with Gasteiger partial charge in [-0.3, -0.25) is 15.1 Å². The third kappa shape index (κ3) is 5.41. The Hall–Kier alpha value is -2.69. The first kappa shape index (κ1) is 21.4. The van der Waals surface area contributed by atoms with Gasteiger partial charge in [0.25, 0.3) is 5.69 Å². The molecule has 1 rings (SSSR count). The zero-order valence-corrected chi connectivity index (χ0v) is 16.4. The van der Waals surface area contributed by atoms with Crippen LogP contribution < -0.4 is 5.73 Å². The topological polar surface area (TPSA) is 81.5 Å². The summed E-state index contributed by atoms with van der Waals surface area (Å²) in [5.41, 5.74) is 12.0. The van der Waals surface area contributed by atoms with Gasteiger partial charge in [0.1, 0.15) is 0 Å². The molecule has 1 aromatic carbocycles. The molecule has 0 unspecified atom stereocenters. The summed E-state index contributed by atoms with van der Waals surface area (Å²) in [7, 11) is 0. The summed E-state index contributed by atoms with van der Waals surface area (Å²) in [6.45, 7) is 10.0. The third-order valence-electron chi connectivity index (χ3n) is 4.24. The molecule has 0 aromatic heterocycles. The van der Waals surface area contributed by atoms with Crippen molar-refractivity contribution in [3.63, 3.8) is 0 Å². The van der Waals surface area contributed by atoms with E-state index in [-0.39, 0.29) is 5.69 Å². The van der Waals surface area contributed by atoms with Crippen LogP contribution >= 0.6 is 0 Å². The van der Waals surface area contributed by atoms with Crippen molar-refractivity contribution in [2.45, 2.75) is 53.9 Å². The molecule has 0 fully saturated rings. The second-order valence-electron chi connectivity index (χ2n) is 6.11. The minimum atomic E-state index is -0.391. The van der Waals surface area contributed by atoms with Gasteiger partial charge in [-0.2, -0.15) is 0 Å². The normalized spacial score (nSPS) is 14.3. The Morgan fingerprint density at radius 2 is 1.85 bits per heavy atom. The van der Waals surface area contributed by atoms with E-state index in [0.717, 1.165) is 52.9 Å². The smallest absolute Gasteiger partial charge is 0.269 e. The molecule has 0 aliphatic carbocycles. The molecule has 5 nitrogen and oxygen atoms in total. The number of nitrogens with zero attached hydrogens (tertiary/aromatic N) is 2. The van der Waals surface area contributed by atoms with Crippen molar-refractivity contribution in [2.24, 2.45) is 10.7 Å². The molecule has 0 bridgehead atoms. The summed E-state index contributed by atoms with van der Waals surface area (Å²) >= 11 is 0. The van der Waals surface area contributed by atoms with Crippen molar-refractivity contribution < 1.29 is 4.92 Å². The van der Waals surface area contributed by atoms with Crippen molar-refractivity contribution in [3.8, 4) is 0 Å². The number of allylic oxidation sites excluding steroid dienone is 4. The number of non-ortho nitro benzene ring substituents is 1. The van der Waals surface area contributed by atoms with Crippen LogP contribution in [-0.2, 0) is 0 Å². The lowest BCUT2D eigenvalue weighted by molar-refractivity contribution is -0.384. The minimum Gasteiger partial charge on any atom is -0.398 e. The Labute approximate surface area is 156 Å². The highest BCUT2D eigenvalue weighted by molar-refractivity contribution is 5.85. The number of hydrogen-bond donors (Lipinski definition) is 1. The highest BCUT2D eigenvalue weighted by Crippen LogP contribution is 2.33. The maximum Gasteiger partial charge on any atom is 0.269 e. The van der Waals surface area contributed by atoms with Crippen molar-refractivity contribution in [1.82, 2.24) is 0 Å². The number of benzene rings is 1. The maximum atomic E-state index is 11.0. The van der Waals surface area contributed by atoms with Gasteiger partial charge in [0.15, 0.2) is 0 Å². The predicted octanol–water partition coefficient (Wildman–Crippen LogP) is 5.79. The summed E-state index contributed by atoms with van der Waals surface area (Å²) in [5.74, 6) is 0. The largest absolute Gasteiger partial charge is 0.398 e. The molecule has 1 aromatic rings. The first-order valence-electron chi connectivity index (χ1n) is 8.97. The number of rotatable bonds is 8. The molecule has 140 valence electrons. The average molecular weight is 355 g/mol. The molecule has 5 heteroatoms. The number of hydrogen-bond acceptors (Lipinski definition) is 4. The first-order chi connectivity index (χ1) is 12.4. The van der Waals surface area contributed by atoms with Gasteiger partial charge in [-0.15, -0.1) is 0 Å². The van der Waals surface area contributed by atoms with Gasteiger partial charge in [-0.25, -0.2) is 0 Å². The van der Waals surface area contributed by atoms with Crippen molar-refractivity contribution >= 4 is 17.5 Å². The van der Waals surface area contributed by atoms with Gasteiger partial charge in [0.05, 0.1) is 4.92 Å². The fourth-order valence-electron chi connectivity index (χ4n) is 2.61. The van der Waals surface area contributed by atoms with Crippen LogP contribution in [0.25, 0.3) is 5.57 Å². The van der Waals surface area contributed by atoms with E-state index in [0.29, 0.717) is 0 Å². The minimum absolute atomic E-state index is 0.0747. The molecule has 2 N–H and O–H groups in total. The lowest BCUT2D eigenvalue weighted by atomic mass is 9.90. The number of nitro groups is 1. The predicted molar refractivity (Wildman–Crippen MR) is 110 cm³/mol. The fraction of sp³-hybridized carbons (Fsp3) is 0.381. The third-order valence-corrected chi connectivity index (χ3v) is 4.24. The summed E-state index contributed by atoms with van der Waals surface area (Å²) in [6.07, 6.45) is 6.62. The highest BCUT2D eigenvalue weighted by Gasteiger charge is 2.16. The van der Waals surface area contributed by atoms with E-state index in [9.17, 15) is 10.1 Å². The molecule has 26 heavy (non-hydrogen) atoms. The molecule has 0 spiro atoms. The van der Waals surface area contributed by atoms with Crippen molar-refractivity contribution in [3.05, 3.63) is 68.6 Å². The van der Waals surface area contributed by atoms with Crippen LogP contribution in [0.1, 0.15) is 59.4 Å². The molecule has 0 saturated heterocycles. The molecule has 0 radical (unpaired) electrons. The van der Waals surface area contributed by atoms with Crippen LogP contribution in [0.5, 0.6) is 0 Å². The number of nitrogens with two attached hydrogens (primary N) is 1. The van der Waals surface area contributed by atoms with Crippen LogP contribution in [0.3, 0.4) is 0 Å². The molecule has 0 aliphatic heterocycles. The average Bonchev–Trinajstić information content (AvgIpc) is 2.64. The summed E-state index contributed by atoms with van der Waals surface area (Å²) < 4.78 is 0. The second-order valence-corrected chi connectivity index (χ2v) is 6.11.